The van der Waals surface area contributed by atoms with Crippen LogP contribution in [0.15, 0.2) is 48.5 Å². The minimum atomic E-state index is -3.31. The molecule has 2 aromatic carbocycles. The molecule has 0 saturated heterocycles. The van der Waals surface area contributed by atoms with Crippen molar-refractivity contribution in [3.05, 3.63) is 65.2 Å². The molecule has 0 unspecified atom stereocenters. The van der Waals surface area contributed by atoms with Gasteiger partial charge in [-0.05, 0) is 69.4 Å². The minimum absolute atomic E-state index is 0.0526. The monoisotopic (exact) mass is 400 g/mol. The van der Waals surface area contributed by atoms with Crippen molar-refractivity contribution in [2.45, 2.75) is 52.1 Å². The van der Waals surface area contributed by atoms with E-state index in [2.05, 4.69) is 17.4 Å². The van der Waals surface area contributed by atoms with Gasteiger partial charge in [-0.3, -0.25) is 9.10 Å². The molecule has 150 valence electrons. The summed E-state index contributed by atoms with van der Waals surface area (Å²) in [6.45, 7) is 5.56. The number of fused-ring (bicyclic) bond motifs is 1. The van der Waals surface area contributed by atoms with Gasteiger partial charge in [0.1, 0.15) is 0 Å². The molecule has 1 amide bonds. The van der Waals surface area contributed by atoms with E-state index in [4.69, 9.17) is 0 Å². The van der Waals surface area contributed by atoms with Gasteiger partial charge < -0.3 is 5.32 Å². The molecule has 0 bridgehead atoms. The summed E-state index contributed by atoms with van der Waals surface area (Å²) >= 11 is 0. The van der Waals surface area contributed by atoms with E-state index >= 15 is 0 Å². The van der Waals surface area contributed by atoms with Crippen LogP contribution in [0.2, 0.25) is 0 Å². The number of rotatable bonds is 7. The van der Waals surface area contributed by atoms with Crippen molar-refractivity contribution >= 4 is 21.6 Å². The lowest BCUT2D eigenvalue weighted by Crippen LogP contribution is -2.36. The van der Waals surface area contributed by atoms with E-state index in [1.54, 1.807) is 19.1 Å². The van der Waals surface area contributed by atoms with Crippen LogP contribution in [0.3, 0.4) is 0 Å². The van der Waals surface area contributed by atoms with Gasteiger partial charge in [0, 0.05) is 17.6 Å². The Morgan fingerprint density at radius 3 is 2.61 bits per heavy atom. The van der Waals surface area contributed by atoms with Crippen molar-refractivity contribution in [1.29, 1.82) is 0 Å². The molecule has 0 fully saturated rings. The van der Waals surface area contributed by atoms with Crippen molar-refractivity contribution in [3.63, 3.8) is 0 Å². The highest BCUT2D eigenvalue weighted by Gasteiger charge is 2.34. The van der Waals surface area contributed by atoms with E-state index < -0.39 is 10.0 Å². The van der Waals surface area contributed by atoms with Crippen LogP contribution >= 0.6 is 0 Å². The zero-order valence-electron chi connectivity index (χ0n) is 16.7. The van der Waals surface area contributed by atoms with Crippen molar-refractivity contribution in [3.8, 4) is 0 Å². The summed E-state index contributed by atoms with van der Waals surface area (Å²) in [4.78, 5) is 12.6. The fourth-order valence-corrected chi connectivity index (χ4v) is 5.09. The molecule has 0 spiro atoms. The molecule has 2 aromatic rings. The number of carbonyl (C=O) groups excluding carboxylic acids is 1. The standard InChI is InChI=1S/C22H28N2O3S/c1-4-28(26,27)24-17(3)14-20-15-19(12-13-21(20)24)22(25)23-16(2)10-11-18-8-6-5-7-9-18/h5-9,12-13,15-17H,4,10-11,14H2,1-3H3,(H,23,25)/t16-,17-/m1/s1. The third-order valence-corrected chi connectivity index (χ3v) is 7.13. The third-order valence-electron chi connectivity index (χ3n) is 5.25. The first-order valence-corrected chi connectivity index (χ1v) is 11.4. The lowest BCUT2D eigenvalue weighted by Gasteiger charge is -2.23. The Balaban J connectivity index is 1.66. The molecule has 1 aliphatic rings. The van der Waals surface area contributed by atoms with Crippen LogP contribution in [0.5, 0.6) is 0 Å². The molecule has 1 N–H and O–H groups in total. The summed E-state index contributed by atoms with van der Waals surface area (Å²) < 4.78 is 26.2. The molecule has 0 aromatic heterocycles. The van der Waals surface area contributed by atoms with Crippen molar-refractivity contribution < 1.29 is 13.2 Å². The Morgan fingerprint density at radius 1 is 1.21 bits per heavy atom. The van der Waals surface area contributed by atoms with Crippen LogP contribution in [0, 0.1) is 0 Å². The Kier molecular flexibility index (Phi) is 6.08. The average molecular weight is 401 g/mol. The van der Waals surface area contributed by atoms with E-state index in [0.29, 0.717) is 17.7 Å². The smallest absolute Gasteiger partial charge is 0.251 e. The number of hydrogen-bond donors (Lipinski definition) is 1. The molecule has 0 saturated carbocycles. The fourth-order valence-electron chi connectivity index (χ4n) is 3.71. The van der Waals surface area contributed by atoms with E-state index in [9.17, 15) is 13.2 Å². The maximum absolute atomic E-state index is 12.6. The molecule has 5 nitrogen and oxygen atoms in total. The normalized spacial score (nSPS) is 17.2. The second-order valence-electron chi connectivity index (χ2n) is 7.49. The molecule has 2 atom stereocenters. The quantitative estimate of drug-likeness (QED) is 0.773. The number of nitrogens with zero attached hydrogens (tertiary/aromatic N) is 1. The van der Waals surface area contributed by atoms with Gasteiger partial charge in [0.2, 0.25) is 10.0 Å². The SMILES string of the molecule is CCS(=O)(=O)N1c2ccc(C(=O)N[C@H](C)CCc3ccccc3)cc2C[C@H]1C. The number of aryl methyl sites for hydroxylation is 1. The summed E-state index contributed by atoms with van der Waals surface area (Å²) in [5.41, 5.74) is 3.44. The Hall–Kier alpha value is -2.34. The van der Waals surface area contributed by atoms with Gasteiger partial charge in [-0.2, -0.15) is 0 Å². The number of anilines is 1. The van der Waals surface area contributed by atoms with Crippen LogP contribution in [0.4, 0.5) is 5.69 Å². The summed E-state index contributed by atoms with van der Waals surface area (Å²) in [5.74, 6) is -0.0504. The summed E-state index contributed by atoms with van der Waals surface area (Å²) in [6, 6.07) is 15.5. The zero-order chi connectivity index (χ0) is 20.3. The summed E-state index contributed by atoms with van der Waals surface area (Å²) in [7, 11) is -3.31. The number of nitrogens with one attached hydrogen (secondary N) is 1. The lowest BCUT2D eigenvalue weighted by atomic mass is 10.0. The Morgan fingerprint density at radius 2 is 1.93 bits per heavy atom. The second kappa shape index (κ2) is 8.35. The molecule has 0 aliphatic carbocycles. The first-order valence-electron chi connectivity index (χ1n) is 9.81. The fraction of sp³-hybridized carbons (Fsp3) is 0.409. The highest BCUT2D eigenvalue weighted by Crippen LogP contribution is 2.35. The molecule has 1 aliphatic heterocycles. The first-order chi connectivity index (χ1) is 13.3. The lowest BCUT2D eigenvalue weighted by molar-refractivity contribution is 0.0938. The first kappa shape index (κ1) is 20.4. The van der Waals surface area contributed by atoms with Gasteiger partial charge in [0.25, 0.3) is 5.91 Å². The molecule has 1 heterocycles. The highest BCUT2D eigenvalue weighted by molar-refractivity contribution is 7.92. The predicted molar refractivity (Wildman–Crippen MR) is 113 cm³/mol. The van der Waals surface area contributed by atoms with Gasteiger partial charge in [-0.15, -0.1) is 0 Å². The third kappa shape index (κ3) is 4.38. The van der Waals surface area contributed by atoms with E-state index in [1.807, 2.05) is 38.1 Å². The van der Waals surface area contributed by atoms with Gasteiger partial charge in [0.15, 0.2) is 0 Å². The number of hydrogen-bond acceptors (Lipinski definition) is 3. The molecular weight excluding hydrogens is 372 g/mol. The van der Waals surface area contributed by atoms with Gasteiger partial charge in [-0.25, -0.2) is 8.42 Å². The Labute approximate surface area is 167 Å². The predicted octanol–water partition coefficient (Wildman–Crippen LogP) is 3.54. The van der Waals surface area contributed by atoms with Crippen LogP contribution < -0.4 is 9.62 Å². The maximum atomic E-state index is 12.6. The molecule has 6 heteroatoms. The summed E-state index contributed by atoms with van der Waals surface area (Å²) in [6.07, 6.45) is 2.40. The van der Waals surface area contributed by atoms with Crippen molar-refractivity contribution in [1.82, 2.24) is 5.32 Å². The second-order valence-corrected chi connectivity index (χ2v) is 9.63. The Bertz CT molecular complexity index is 942. The van der Waals surface area contributed by atoms with Crippen LogP contribution in [-0.2, 0) is 22.9 Å². The number of amides is 1. The minimum Gasteiger partial charge on any atom is -0.350 e. The average Bonchev–Trinajstić information content (AvgIpc) is 3.02. The topological polar surface area (TPSA) is 66.5 Å². The largest absolute Gasteiger partial charge is 0.350 e. The van der Waals surface area contributed by atoms with Crippen molar-refractivity contribution in [2.24, 2.45) is 0 Å². The highest BCUT2D eigenvalue weighted by atomic mass is 32.2. The van der Waals surface area contributed by atoms with E-state index in [0.717, 1.165) is 18.4 Å². The number of sulfonamides is 1. The molecular formula is C22H28N2O3S. The zero-order valence-corrected chi connectivity index (χ0v) is 17.5. The molecule has 28 heavy (non-hydrogen) atoms. The van der Waals surface area contributed by atoms with Crippen LogP contribution in [-0.4, -0.2) is 32.2 Å². The summed E-state index contributed by atoms with van der Waals surface area (Å²) in [5, 5.41) is 3.05. The maximum Gasteiger partial charge on any atom is 0.251 e. The van der Waals surface area contributed by atoms with Crippen LogP contribution in [0.1, 0.15) is 48.7 Å². The van der Waals surface area contributed by atoms with Crippen molar-refractivity contribution in [2.75, 3.05) is 10.1 Å². The van der Waals surface area contributed by atoms with E-state index in [-0.39, 0.29) is 23.7 Å². The van der Waals surface area contributed by atoms with Gasteiger partial charge in [-0.1, -0.05) is 30.3 Å². The van der Waals surface area contributed by atoms with Crippen LogP contribution in [0.25, 0.3) is 0 Å². The van der Waals surface area contributed by atoms with E-state index in [1.165, 1.54) is 9.87 Å². The van der Waals surface area contributed by atoms with Gasteiger partial charge >= 0.3 is 0 Å². The number of benzene rings is 2. The van der Waals surface area contributed by atoms with Gasteiger partial charge in [0.05, 0.1) is 11.4 Å². The molecule has 3 rings (SSSR count). The molecule has 0 radical (unpaired) electrons. The number of carbonyl (C=O) groups is 1.